The first-order valence-electron chi connectivity index (χ1n) is 10.7. The summed E-state index contributed by atoms with van der Waals surface area (Å²) in [5, 5.41) is 2.79. The van der Waals surface area contributed by atoms with Crippen molar-refractivity contribution in [1.82, 2.24) is 5.48 Å². The first kappa shape index (κ1) is 26.5. The molecule has 3 aromatic carbocycles. The molecule has 0 aromatic heterocycles. The average molecular weight is 551 g/mol. The second kappa shape index (κ2) is 10.1. The molecule has 1 aliphatic rings. The molecule has 0 radical (unpaired) electrons. The normalized spacial score (nSPS) is 17.1. The van der Waals surface area contributed by atoms with Crippen molar-refractivity contribution in [3.63, 3.8) is 0 Å². The van der Waals surface area contributed by atoms with Gasteiger partial charge in [0.05, 0.1) is 18.4 Å². The maximum absolute atomic E-state index is 14.3. The number of aryl methyl sites for hydroxylation is 1. The number of methoxy groups -OCH3 is 1. The molecule has 0 fully saturated rings. The number of esters is 1. The molecule has 1 atom stereocenters. The molecule has 0 aliphatic carbocycles. The fraction of sp³-hybridized carbons (Fsp3) is 0.154. The van der Waals surface area contributed by atoms with Gasteiger partial charge in [-0.3, -0.25) is 15.1 Å². The predicted octanol–water partition coefficient (Wildman–Crippen LogP) is 6.67. The molecule has 3 aromatic rings. The van der Waals surface area contributed by atoms with Crippen molar-refractivity contribution in [2.24, 2.45) is 0 Å². The second-order valence-corrected chi connectivity index (χ2v) is 9.08. The van der Waals surface area contributed by atoms with Gasteiger partial charge in [0.2, 0.25) is 5.60 Å². The van der Waals surface area contributed by atoms with E-state index < -0.39 is 23.7 Å². The van der Waals surface area contributed by atoms with Gasteiger partial charge in [0, 0.05) is 32.4 Å². The second-order valence-electron chi connectivity index (χ2n) is 8.21. The molecule has 4 rings (SSSR count). The lowest BCUT2D eigenvalue weighted by atomic mass is 9.91. The highest BCUT2D eigenvalue weighted by molar-refractivity contribution is 6.34. The van der Waals surface area contributed by atoms with Crippen molar-refractivity contribution < 1.29 is 32.3 Å². The molecule has 1 unspecified atom stereocenters. The van der Waals surface area contributed by atoms with Crippen molar-refractivity contribution in [3.8, 4) is 0 Å². The summed E-state index contributed by atoms with van der Waals surface area (Å²) in [6, 6.07) is 14.2. The van der Waals surface area contributed by atoms with Crippen molar-refractivity contribution in [3.05, 3.63) is 105 Å². The van der Waals surface area contributed by atoms with Gasteiger partial charge in [-0.1, -0.05) is 35.3 Å². The number of carbonyl (C=O) groups excluding carboxylic acids is 2. The Morgan fingerprint density at radius 3 is 2.19 bits per heavy atom. The van der Waals surface area contributed by atoms with E-state index >= 15 is 0 Å². The Bertz CT molecular complexity index is 1390. The van der Waals surface area contributed by atoms with Gasteiger partial charge in [-0.05, 0) is 67.1 Å². The molecule has 1 heterocycles. The summed E-state index contributed by atoms with van der Waals surface area (Å²) in [6.45, 7) is 1.74. The van der Waals surface area contributed by atoms with E-state index in [1.165, 1.54) is 43.5 Å². The predicted molar refractivity (Wildman–Crippen MR) is 133 cm³/mol. The van der Waals surface area contributed by atoms with Gasteiger partial charge < -0.3 is 10.1 Å². The van der Waals surface area contributed by atoms with E-state index in [1.54, 1.807) is 19.1 Å². The third kappa shape index (κ3) is 5.29. The van der Waals surface area contributed by atoms with Gasteiger partial charge in [0.1, 0.15) is 0 Å². The summed E-state index contributed by atoms with van der Waals surface area (Å²) < 4.78 is 47.5. The molecule has 0 saturated carbocycles. The van der Waals surface area contributed by atoms with Crippen molar-refractivity contribution in [1.29, 1.82) is 0 Å². The van der Waals surface area contributed by atoms with Crippen LogP contribution in [0.4, 0.5) is 18.9 Å². The number of amides is 1. The topological polar surface area (TPSA) is 76.7 Å². The van der Waals surface area contributed by atoms with Crippen LogP contribution in [0.25, 0.3) is 5.70 Å². The van der Waals surface area contributed by atoms with Crippen LogP contribution in [0.2, 0.25) is 10.0 Å². The van der Waals surface area contributed by atoms with E-state index in [9.17, 15) is 22.8 Å². The minimum absolute atomic E-state index is 0.0246. The quantitative estimate of drug-likeness (QED) is 0.347. The Hall–Kier alpha value is -3.53. The lowest BCUT2D eigenvalue weighted by molar-refractivity contribution is -0.269. The number of benzene rings is 3. The van der Waals surface area contributed by atoms with E-state index in [4.69, 9.17) is 28.0 Å². The Kier molecular flexibility index (Phi) is 7.23. The van der Waals surface area contributed by atoms with Crippen LogP contribution in [0.5, 0.6) is 0 Å². The lowest BCUT2D eigenvalue weighted by Gasteiger charge is -2.28. The van der Waals surface area contributed by atoms with E-state index in [2.05, 4.69) is 15.5 Å². The number of anilines is 1. The van der Waals surface area contributed by atoms with Gasteiger partial charge in [0.25, 0.3) is 5.91 Å². The minimum Gasteiger partial charge on any atom is -0.465 e. The standard InChI is InChI=1S/C26H19Cl2F3N2O4/c1-14-3-4-17(9-21(14)32-23(34)15-5-7-16(8-6-15)24(35)36-2)22-13-25(37-33-22,26(29,30)31)18-10-19(27)12-20(28)11-18/h3-13,33H,1-2H3,(H,32,34). The van der Waals surface area contributed by atoms with E-state index in [-0.39, 0.29) is 32.4 Å². The summed E-state index contributed by atoms with van der Waals surface area (Å²) in [5.41, 5.74) is 1.19. The van der Waals surface area contributed by atoms with Gasteiger partial charge in [-0.15, -0.1) is 0 Å². The number of hydrogen-bond donors (Lipinski definition) is 2. The summed E-state index contributed by atoms with van der Waals surface area (Å²) in [4.78, 5) is 29.5. The number of hydroxylamine groups is 1. The fourth-order valence-corrected chi connectivity index (χ4v) is 4.27. The third-order valence-corrected chi connectivity index (χ3v) is 6.18. The Balaban J connectivity index is 1.65. The lowest BCUT2D eigenvalue weighted by Crippen LogP contribution is -2.42. The monoisotopic (exact) mass is 550 g/mol. The Morgan fingerprint density at radius 2 is 1.59 bits per heavy atom. The Labute approximate surface area is 219 Å². The summed E-state index contributed by atoms with van der Waals surface area (Å²) >= 11 is 11.9. The van der Waals surface area contributed by atoms with Crippen LogP contribution >= 0.6 is 23.2 Å². The number of halogens is 5. The first-order chi connectivity index (χ1) is 17.4. The molecule has 6 nitrogen and oxygen atoms in total. The van der Waals surface area contributed by atoms with Crippen LogP contribution < -0.4 is 10.8 Å². The number of nitrogens with one attached hydrogen (secondary N) is 2. The zero-order chi connectivity index (χ0) is 27.0. The average Bonchev–Trinajstić information content (AvgIpc) is 3.31. The third-order valence-electron chi connectivity index (χ3n) is 5.75. The van der Waals surface area contributed by atoms with Crippen LogP contribution in [0.1, 0.15) is 37.4 Å². The van der Waals surface area contributed by atoms with Gasteiger partial charge in [-0.2, -0.15) is 13.2 Å². The number of carbonyl (C=O) groups is 2. The van der Waals surface area contributed by atoms with E-state index in [0.717, 1.165) is 18.2 Å². The van der Waals surface area contributed by atoms with Crippen LogP contribution in [-0.2, 0) is 15.2 Å². The highest BCUT2D eigenvalue weighted by Crippen LogP contribution is 2.48. The maximum atomic E-state index is 14.3. The van der Waals surface area contributed by atoms with Crippen LogP contribution in [-0.4, -0.2) is 25.2 Å². The number of alkyl halides is 3. The molecule has 192 valence electrons. The van der Waals surface area contributed by atoms with Crippen molar-refractivity contribution in [2.45, 2.75) is 18.7 Å². The fourth-order valence-electron chi connectivity index (χ4n) is 3.75. The molecule has 1 amide bonds. The summed E-state index contributed by atoms with van der Waals surface area (Å²) in [5.74, 6) is -1.01. The molecule has 0 saturated heterocycles. The van der Waals surface area contributed by atoms with Crippen molar-refractivity contribution in [2.75, 3.05) is 12.4 Å². The van der Waals surface area contributed by atoms with Gasteiger partial charge in [0.15, 0.2) is 0 Å². The highest BCUT2D eigenvalue weighted by atomic mass is 35.5. The number of ether oxygens (including phenoxy) is 1. The number of hydrogen-bond acceptors (Lipinski definition) is 5. The minimum atomic E-state index is -4.85. The highest BCUT2D eigenvalue weighted by Gasteiger charge is 2.59. The molecule has 0 spiro atoms. The van der Waals surface area contributed by atoms with Crippen LogP contribution in [0.3, 0.4) is 0 Å². The molecule has 1 aliphatic heterocycles. The smallest absolute Gasteiger partial charge is 0.428 e. The summed E-state index contributed by atoms with van der Waals surface area (Å²) in [7, 11) is 1.25. The molecule has 2 N–H and O–H groups in total. The molecule has 0 bridgehead atoms. The van der Waals surface area contributed by atoms with E-state index in [1.807, 2.05) is 0 Å². The molecular weight excluding hydrogens is 532 g/mol. The van der Waals surface area contributed by atoms with Gasteiger partial charge in [-0.25, -0.2) is 4.79 Å². The van der Waals surface area contributed by atoms with Gasteiger partial charge >= 0.3 is 12.1 Å². The zero-order valence-electron chi connectivity index (χ0n) is 19.4. The van der Waals surface area contributed by atoms with Crippen LogP contribution in [0.15, 0.2) is 66.7 Å². The SMILES string of the molecule is COC(=O)c1ccc(C(=O)Nc2cc(C3=CC(c4cc(Cl)cc(Cl)c4)(C(F)(F)F)ON3)ccc2C)cc1. The molecule has 37 heavy (non-hydrogen) atoms. The first-order valence-corrected chi connectivity index (χ1v) is 11.5. The van der Waals surface area contributed by atoms with E-state index in [0.29, 0.717) is 16.8 Å². The Morgan fingerprint density at radius 1 is 0.973 bits per heavy atom. The largest absolute Gasteiger partial charge is 0.465 e. The van der Waals surface area contributed by atoms with Crippen LogP contribution in [0, 0.1) is 6.92 Å². The zero-order valence-corrected chi connectivity index (χ0v) is 20.9. The summed E-state index contributed by atoms with van der Waals surface area (Å²) in [6.07, 6.45) is -3.95. The van der Waals surface area contributed by atoms with Crippen molar-refractivity contribution >= 4 is 46.5 Å². The maximum Gasteiger partial charge on any atom is 0.428 e. The number of rotatable bonds is 5. The molecule has 11 heteroatoms. The molecular formula is C26H19Cl2F3N2O4.